The molecular formula is C23H19N3O2S. The van der Waals surface area contributed by atoms with Gasteiger partial charge in [0.25, 0.3) is 5.91 Å². The molecule has 3 N–H and O–H groups in total. The highest BCUT2D eigenvalue weighted by molar-refractivity contribution is 7.19. The van der Waals surface area contributed by atoms with E-state index in [-0.39, 0.29) is 11.8 Å². The van der Waals surface area contributed by atoms with Gasteiger partial charge in [0.1, 0.15) is 5.01 Å². The summed E-state index contributed by atoms with van der Waals surface area (Å²) in [6.45, 7) is 0. The van der Waals surface area contributed by atoms with Gasteiger partial charge in [-0.2, -0.15) is 0 Å². The van der Waals surface area contributed by atoms with E-state index in [4.69, 9.17) is 15.5 Å². The lowest BCUT2D eigenvalue weighted by molar-refractivity contribution is -0.132. The van der Waals surface area contributed by atoms with Crippen molar-refractivity contribution in [3.05, 3.63) is 76.1 Å². The molecule has 29 heavy (non-hydrogen) atoms. The number of thiazole rings is 1. The SMILES string of the molecule is NC1=C(c2nc3ccccc3s2)C2=C(CCCC2)[C@]2(O1)C(=O)Nc1ccccc12. The van der Waals surface area contributed by atoms with Crippen molar-refractivity contribution < 1.29 is 9.53 Å². The number of anilines is 1. The fourth-order valence-electron chi connectivity index (χ4n) is 4.84. The van der Waals surface area contributed by atoms with Crippen LogP contribution in [-0.4, -0.2) is 10.9 Å². The number of para-hydroxylation sites is 2. The van der Waals surface area contributed by atoms with E-state index in [1.54, 1.807) is 11.3 Å². The minimum atomic E-state index is -1.16. The largest absolute Gasteiger partial charge is 0.453 e. The Bertz CT molecular complexity index is 1220. The molecule has 3 heterocycles. The van der Waals surface area contributed by atoms with Gasteiger partial charge in [0.15, 0.2) is 5.88 Å². The number of carbonyl (C=O) groups excluding carboxylic acids is 1. The van der Waals surface area contributed by atoms with Crippen molar-refractivity contribution in [1.29, 1.82) is 0 Å². The summed E-state index contributed by atoms with van der Waals surface area (Å²) in [6, 6.07) is 15.8. The fraction of sp³-hybridized carbons (Fsp3) is 0.217. The third-order valence-electron chi connectivity index (χ3n) is 6.09. The molecule has 5 nitrogen and oxygen atoms in total. The second-order valence-corrected chi connectivity index (χ2v) is 8.70. The molecule has 0 saturated carbocycles. The van der Waals surface area contributed by atoms with E-state index in [1.807, 2.05) is 42.5 Å². The summed E-state index contributed by atoms with van der Waals surface area (Å²) < 4.78 is 7.48. The number of amides is 1. The van der Waals surface area contributed by atoms with E-state index in [0.717, 1.165) is 68.9 Å². The van der Waals surface area contributed by atoms with Crippen LogP contribution in [0.1, 0.15) is 36.3 Å². The number of rotatable bonds is 1. The number of ether oxygens (including phenoxy) is 1. The van der Waals surface area contributed by atoms with Crippen LogP contribution in [0.5, 0.6) is 0 Å². The highest BCUT2D eigenvalue weighted by atomic mass is 32.1. The molecule has 3 aliphatic rings. The first-order valence-electron chi connectivity index (χ1n) is 9.87. The number of nitrogens with one attached hydrogen (secondary N) is 1. The first-order valence-corrected chi connectivity index (χ1v) is 10.7. The summed E-state index contributed by atoms with van der Waals surface area (Å²) in [4.78, 5) is 18.1. The van der Waals surface area contributed by atoms with Gasteiger partial charge in [0, 0.05) is 11.3 Å². The molecule has 0 radical (unpaired) electrons. The van der Waals surface area contributed by atoms with E-state index >= 15 is 0 Å². The maximum Gasteiger partial charge on any atom is 0.277 e. The minimum absolute atomic E-state index is 0.153. The zero-order chi connectivity index (χ0) is 19.6. The molecule has 2 aromatic carbocycles. The maximum absolute atomic E-state index is 13.2. The highest BCUT2D eigenvalue weighted by Crippen LogP contribution is 2.54. The monoisotopic (exact) mass is 401 g/mol. The number of aromatic nitrogens is 1. The van der Waals surface area contributed by atoms with Crippen molar-refractivity contribution in [3.63, 3.8) is 0 Å². The van der Waals surface area contributed by atoms with Gasteiger partial charge >= 0.3 is 0 Å². The summed E-state index contributed by atoms with van der Waals surface area (Å²) in [7, 11) is 0. The summed E-state index contributed by atoms with van der Waals surface area (Å²) in [6.07, 6.45) is 3.80. The molecule has 3 aromatic rings. The van der Waals surface area contributed by atoms with Crippen LogP contribution in [-0.2, 0) is 15.1 Å². The predicted octanol–water partition coefficient (Wildman–Crippen LogP) is 4.67. The molecule has 0 bridgehead atoms. The van der Waals surface area contributed by atoms with E-state index in [0.29, 0.717) is 0 Å². The number of allylic oxidation sites excluding steroid dienone is 2. The zero-order valence-electron chi connectivity index (χ0n) is 15.7. The summed E-state index contributed by atoms with van der Waals surface area (Å²) in [5.74, 6) is 0.135. The van der Waals surface area contributed by atoms with E-state index in [2.05, 4.69) is 11.4 Å². The topological polar surface area (TPSA) is 77.2 Å². The van der Waals surface area contributed by atoms with Gasteiger partial charge in [0.2, 0.25) is 5.60 Å². The number of carbonyl (C=O) groups is 1. The number of nitrogens with zero attached hydrogens (tertiary/aromatic N) is 1. The number of hydrogen-bond donors (Lipinski definition) is 2. The molecule has 1 aromatic heterocycles. The number of fused-ring (bicyclic) bond motifs is 4. The van der Waals surface area contributed by atoms with Gasteiger partial charge < -0.3 is 15.8 Å². The zero-order valence-corrected chi connectivity index (χ0v) is 16.5. The van der Waals surface area contributed by atoms with E-state index < -0.39 is 5.60 Å². The van der Waals surface area contributed by atoms with Crippen molar-refractivity contribution in [1.82, 2.24) is 4.98 Å². The Morgan fingerprint density at radius 1 is 1.07 bits per heavy atom. The molecule has 1 amide bonds. The lowest BCUT2D eigenvalue weighted by atomic mass is 9.74. The Balaban J connectivity index is 1.59. The van der Waals surface area contributed by atoms with Gasteiger partial charge in [-0.3, -0.25) is 4.79 Å². The maximum atomic E-state index is 13.2. The Kier molecular flexibility index (Phi) is 3.44. The van der Waals surface area contributed by atoms with Crippen molar-refractivity contribution in [2.75, 3.05) is 5.32 Å². The molecule has 1 aliphatic carbocycles. The van der Waals surface area contributed by atoms with Crippen LogP contribution in [0, 0.1) is 0 Å². The van der Waals surface area contributed by atoms with Crippen molar-refractivity contribution in [2.45, 2.75) is 31.3 Å². The van der Waals surface area contributed by atoms with Gasteiger partial charge in [-0.25, -0.2) is 4.98 Å². The highest BCUT2D eigenvalue weighted by Gasteiger charge is 2.56. The summed E-state index contributed by atoms with van der Waals surface area (Å²) >= 11 is 1.62. The normalized spacial score (nSPS) is 23.2. The standard InChI is InChI=1S/C23H19N3O2S/c24-20-19(21-25-17-11-5-6-12-18(17)29-21)13-7-1-2-8-14(13)23(28-20)15-9-3-4-10-16(15)26-22(23)27/h3-6,9-12H,1-2,7-8,24H2,(H,26,27)/t23-/m1/s1. The van der Waals surface area contributed by atoms with Gasteiger partial charge in [0.05, 0.1) is 15.8 Å². The van der Waals surface area contributed by atoms with Crippen molar-refractivity contribution in [2.24, 2.45) is 5.73 Å². The van der Waals surface area contributed by atoms with Crippen LogP contribution in [0.15, 0.2) is 65.6 Å². The van der Waals surface area contributed by atoms with Crippen LogP contribution >= 0.6 is 11.3 Å². The number of hydrogen-bond acceptors (Lipinski definition) is 5. The summed E-state index contributed by atoms with van der Waals surface area (Å²) in [5, 5.41) is 3.86. The number of nitrogens with two attached hydrogens (primary N) is 1. The Labute approximate surface area is 171 Å². The van der Waals surface area contributed by atoms with E-state index in [9.17, 15) is 4.79 Å². The summed E-state index contributed by atoms with van der Waals surface area (Å²) in [5.41, 5.74) is 11.0. The second-order valence-electron chi connectivity index (χ2n) is 7.67. The smallest absolute Gasteiger partial charge is 0.277 e. The molecular weight excluding hydrogens is 382 g/mol. The van der Waals surface area contributed by atoms with E-state index in [1.165, 1.54) is 0 Å². The van der Waals surface area contributed by atoms with Crippen LogP contribution < -0.4 is 11.1 Å². The van der Waals surface area contributed by atoms with Crippen molar-refractivity contribution in [3.8, 4) is 0 Å². The Morgan fingerprint density at radius 2 is 1.86 bits per heavy atom. The van der Waals surface area contributed by atoms with Gasteiger partial charge in [-0.1, -0.05) is 30.3 Å². The molecule has 0 unspecified atom stereocenters. The molecule has 1 atom stereocenters. The molecule has 6 rings (SSSR count). The predicted molar refractivity (Wildman–Crippen MR) is 114 cm³/mol. The van der Waals surface area contributed by atoms with Crippen LogP contribution in [0.3, 0.4) is 0 Å². The fourth-order valence-corrected chi connectivity index (χ4v) is 5.89. The molecule has 6 heteroatoms. The number of benzene rings is 2. The average molecular weight is 401 g/mol. The molecule has 1 spiro atoms. The molecule has 0 fully saturated rings. The van der Waals surface area contributed by atoms with Crippen molar-refractivity contribution >= 4 is 38.7 Å². The van der Waals surface area contributed by atoms with Crippen LogP contribution in [0.4, 0.5) is 5.69 Å². The lowest BCUT2D eigenvalue weighted by Gasteiger charge is -2.39. The van der Waals surface area contributed by atoms with Gasteiger partial charge in [-0.15, -0.1) is 11.3 Å². The quantitative estimate of drug-likeness (QED) is 0.621. The molecule has 144 valence electrons. The Morgan fingerprint density at radius 3 is 2.76 bits per heavy atom. The first-order chi connectivity index (χ1) is 14.2. The first kappa shape index (κ1) is 16.8. The molecule has 2 aliphatic heterocycles. The third kappa shape index (κ3) is 2.20. The Hall–Kier alpha value is -3.12. The molecule has 0 saturated heterocycles. The average Bonchev–Trinajstić information content (AvgIpc) is 3.28. The third-order valence-corrected chi connectivity index (χ3v) is 7.14. The van der Waals surface area contributed by atoms with Crippen LogP contribution in [0.2, 0.25) is 0 Å². The van der Waals surface area contributed by atoms with Crippen LogP contribution in [0.25, 0.3) is 15.8 Å². The second kappa shape index (κ2) is 5.94. The lowest BCUT2D eigenvalue weighted by Crippen LogP contribution is -2.44. The minimum Gasteiger partial charge on any atom is -0.453 e. The van der Waals surface area contributed by atoms with Gasteiger partial charge in [-0.05, 0) is 55.0 Å².